The van der Waals surface area contributed by atoms with E-state index in [2.05, 4.69) is 10.2 Å². The number of carbonyl (C=O) groups is 1. The van der Waals surface area contributed by atoms with Crippen LogP contribution < -0.4 is 0 Å². The lowest BCUT2D eigenvalue weighted by Gasteiger charge is -2.00. The summed E-state index contributed by atoms with van der Waals surface area (Å²) in [5, 5.41) is 17.4. The molecule has 4 nitrogen and oxygen atoms in total. The molecule has 0 saturated heterocycles. The Hall–Kier alpha value is -1.97. The van der Waals surface area contributed by atoms with Crippen molar-refractivity contribution in [3.63, 3.8) is 0 Å². The second-order valence-electron chi connectivity index (χ2n) is 3.47. The van der Waals surface area contributed by atoms with E-state index in [0.717, 1.165) is 16.5 Å². The summed E-state index contributed by atoms with van der Waals surface area (Å²) < 4.78 is 0. The number of hydrogen-bond acceptors (Lipinski definition) is 3. The smallest absolute Gasteiger partial charge is 0.309 e. The zero-order chi connectivity index (χ0) is 10.8. The predicted octanol–water partition coefficient (Wildman–Crippen LogP) is 1.57. The summed E-state index contributed by atoms with van der Waals surface area (Å²) in [5.41, 5.74) is 2.40. The molecule has 0 spiro atoms. The fourth-order valence-electron chi connectivity index (χ4n) is 1.45. The van der Waals surface area contributed by atoms with E-state index in [0.29, 0.717) is 5.69 Å². The first-order valence-electron chi connectivity index (χ1n) is 4.60. The van der Waals surface area contributed by atoms with Gasteiger partial charge in [-0.15, -0.1) is 0 Å². The van der Waals surface area contributed by atoms with Gasteiger partial charge in [0, 0.05) is 5.39 Å². The number of carboxylic acids is 1. The fourth-order valence-corrected chi connectivity index (χ4v) is 1.45. The molecule has 0 fully saturated rings. The van der Waals surface area contributed by atoms with Crippen LogP contribution in [-0.4, -0.2) is 21.3 Å². The number of aliphatic carboxylic acids is 1. The van der Waals surface area contributed by atoms with Crippen molar-refractivity contribution in [2.24, 2.45) is 0 Å². The Morgan fingerprint density at radius 2 is 2.13 bits per heavy atom. The molecule has 76 valence electrons. The van der Waals surface area contributed by atoms with Crippen LogP contribution in [0.5, 0.6) is 0 Å². The van der Waals surface area contributed by atoms with Gasteiger partial charge in [-0.25, -0.2) is 0 Å². The van der Waals surface area contributed by atoms with Crippen molar-refractivity contribution in [1.82, 2.24) is 10.2 Å². The normalized spacial score (nSPS) is 10.5. The Bertz CT molecular complexity index is 523. The van der Waals surface area contributed by atoms with Gasteiger partial charge in [0.05, 0.1) is 17.6 Å². The molecule has 2 aromatic rings. The Kier molecular flexibility index (Phi) is 2.33. The van der Waals surface area contributed by atoms with Crippen LogP contribution in [0.15, 0.2) is 24.3 Å². The Morgan fingerprint density at radius 3 is 2.87 bits per heavy atom. The van der Waals surface area contributed by atoms with Crippen LogP contribution in [0, 0.1) is 6.92 Å². The monoisotopic (exact) mass is 202 g/mol. The Morgan fingerprint density at radius 1 is 1.33 bits per heavy atom. The van der Waals surface area contributed by atoms with Crippen LogP contribution in [0.3, 0.4) is 0 Å². The van der Waals surface area contributed by atoms with Gasteiger partial charge in [-0.05, 0) is 25.1 Å². The zero-order valence-corrected chi connectivity index (χ0v) is 8.27. The fraction of sp³-hybridized carbons (Fsp3) is 0.182. The molecule has 1 aromatic carbocycles. The second kappa shape index (κ2) is 3.65. The van der Waals surface area contributed by atoms with E-state index in [-0.39, 0.29) is 6.42 Å². The van der Waals surface area contributed by atoms with Crippen molar-refractivity contribution in [2.45, 2.75) is 13.3 Å². The van der Waals surface area contributed by atoms with Gasteiger partial charge < -0.3 is 5.11 Å². The minimum absolute atomic E-state index is 0.0864. The molecule has 1 heterocycles. The van der Waals surface area contributed by atoms with Crippen LogP contribution in [0.1, 0.15) is 11.3 Å². The summed E-state index contributed by atoms with van der Waals surface area (Å²) in [4.78, 5) is 10.5. The minimum Gasteiger partial charge on any atom is -0.481 e. The van der Waals surface area contributed by atoms with Gasteiger partial charge >= 0.3 is 5.97 Å². The maximum Gasteiger partial charge on any atom is 0.309 e. The summed E-state index contributed by atoms with van der Waals surface area (Å²) in [6.45, 7) is 1.98. The molecule has 2 rings (SSSR count). The van der Waals surface area contributed by atoms with Crippen molar-refractivity contribution < 1.29 is 9.90 Å². The van der Waals surface area contributed by atoms with Crippen LogP contribution in [0.4, 0.5) is 0 Å². The molecule has 0 aliphatic rings. The highest BCUT2D eigenvalue weighted by molar-refractivity contribution is 5.80. The van der Waals surface area contributed by atoms with Gasteiger partial charge in [0.25, 0.3) is 0 Å². The molecular formula is C11H10N2O2. The first kappa shape index (κ1) is 9.58. The quantitative estimate of drug-likeness (QED) is 0.802. The van der Waals surface area contributed by atoms with E-state index in [1.165, 1.54) is 0 Å². The summed E-state index contributed by atoms with van der Waals surface area (Å²) >= 11 is 0. The van der Waals surface area contributed by atoms with Gasteiger partial charge in [0.2, 0.25) is 0 Å². The largest absolute Gasteiger partial charge is 0.481 e. The summed E-state index contributed by atoms with van der Waals surface area (Å²) in [6, 6.07) is 7.56. The predicted molar refractivity (Wildman–Crippen MR) is 55.6 cm³/mol. The molecular weight excluding hydrogens is 192 g/mol. The lowest BCUT2D eigenvalue weighted by molar-refractivity contribution is -0.136. The molecule has 1 N–H and O–H groups in total. The topological polar surface area (TPSA) is 63.1 Å². The van der Waals surface area contributed by atoms with E-state index < -0.39 is 5.97 Å². The third kappa shape index (κ3) is 2.10. The van der Waals surface area contributed by atoms with Crippen LogP contribution >= 0.6 is 0 Å². The maximum atomic E-state index is 10.5. The van der Waals surface area contributed by atoms with Gasteiger partial charge in [-0.2, -0.15) is 10.2 Å². The summed E-state index contributed by atoms with van der Waals surface area (Å²) in [6.07, 6.45) is -0.0864. The molecule has 4 heteroatoms. The minimum atomic E-state index is -0.892. The van der Waals surface area contributed by atoms with E-state index in [1.807, 2.05) is 25.1 Å². The van der Waals surface area contributed by atoms with E-state index in [1.54, 1.807) is 6.07 Å². The van der Waals surface area contributed by atoms with Gasteiger partial charge in [-0.3, -0.25) is 4.79 Å². The van der Waals surface area contributed by atoms with Gasteiger partial charge in [0.1, 0.15) is 0 Å². The highest BCUT2D eigenvalue weighted by Crippen LogP contribution is 2.13. The maximum absolute atomic E-state index is 10.5. The van der Waals surface area contributed by atoms with Crippen molar-refractivity contribution >= 4 is 16.9 Å². The number of hydrogen-bond donors (Lipinski definition) is 1. The average Bonchev–Trinajstić information content (AvgIpc) is 2.16. The van der Waals surface area contributed by atoms with Gasteiger partial charge in [0.15, 0.2) is 0 Å². The number of aryl methyl sites for hydroxylation is 1. The second-order valence-corrected chi connectivity index (χ2v) is 3.47. The third-order valence-corrected chi connectivity index (χ3v) is 2.12. The van der Waals surface area contributed by atoms with E-state index >= 15 is 0 Å². The van der Waals surface area contributed by atoms with Crippen LogP contribution in [0.2, 0.25) is 0 Å². The number of nitrogens with zero attached hydrogens (tertiary/aromatic N) is 2. The van der Waals surface area contributed by atoms with Crippen LogP contribution in [-0.2, 0) is 11.2 Å². The molecule has 0 bridgehead atoms. The van der Waals surface area contributed by atoms with E-state index in [9.17, 15) is 4.79 Å². The number of rotatable bonds is 2. The Balaban J connectivity index is 2.49. The number of carboxylic acid groups (broad SMARTS) is 1. The van der Waals surface area contributed by atoms with Crippen molar-refractivity contribution in [3.05, 3.63) is 35.5 Å². The number of aromatic nitrogens is 2. The third-order valence-electron chi connectivity index (χ3n) is 2.12. The van der Waals surface area contributed by atoms with Crippen molar-refractivity contribution in [2.75, 3.05) is 0 Å². The van der Waals surface area contributed by atoms with Gasteiger partial charge in [-0.1, -0.05) is 11.6 Å². The molecule has 15 heavy (non-hydrogen) atoms. The standard InChI is InChI=1S/C11H10N2O2/c1-7-2-3-10-8(4-7)5-9(12-13-10)6-11(14)15/h2-5H,6H2,1H3,(H,14,15). The molecule has 0 saturated carbocycles. The first-order chi connectivity index (χ1) is 7.15. The van der Waals surface area contributed by atoms with Crippen molar-refractivity contribution in [3.8, 4) is 0 Å². The Labute approximate surface area is 86.6 Å². The lowest BCUT2D eigenvalue weighted by atomic mass is 10.1. The molecule has 0 unspecified atom stereocenters. The SMILES string of the molecule is Cc1ccc2nnc(CC(=O)O)cc2c1. The zero-order valence-electron chi connectivity index (χ0n) is 8.27. The molecule has 0 atom stereocenters. The van der Waals surface area contributed by atoms with E-state index in [4.69, 9.17) is 5.11 Å². The molecule has 0 aliphatic carbocycles. The lowest BCUT2D eigenvalue weighted by Crippen LogP contribution is -2.03. The summed E-state index contributed by atoms with van der Waals surface area (Å²) in [5.74, 6) is -0.892. The number of fused-ring (bicyclic) bond motifs is 1. The highest BCUT2D eigenvalue weighted by atomic mass is 16.4. The molecule has 1 aromatic heterocycles. The number of benzene rings is 1. The average molecular weight is 202 g/mol. The first-order valence-corrected chi connectivity index (χ1v) is 4.60. The van der Waals surface area contributed by atoms with Crippen molar-refractivity contribution in [1.29, 1.82) is 0 Å². The highest BCUT2D eigenvalue weighted by Gasteiger charge is 2.04. The molecule has 0 radical (unpaired) electrons. The van der Waals surface area contributed by atoms with Crippen LogP contribution in [0.25, 0.3) is 10.9 Å². The molecule has 0 aliphatic heterocycles. The molecule has 0 amide bonds. The summed E-state index contributed by atoms with van der Waals surface area (Å²) in [7, 11) is 0.